The predicted molar refractivity (Wildman–Crippen MR) is 74.7 cm³/mol. The first-order valence-corrected chi connectivity index (χ1v) is 8.46. The molecular weight excluding hydrogens is 286 g/mol. The second-order valence-corrected chi connectivity index (χ2v) is 7.25. The van der Waals surface area contributed by atoms with Gasteiger partial charge in [0.05, 0.1) is 5.69 Å². The Balaban J connectivity index is 2.09. The van der Waals surface area contributed by atoms with Crippen molar-refractivity contribution in [2.45, 2.75) is 43.9 Å². The van der Waals surface area contributed by atoms with Gasteiger partial charge >= 0.3 is 0 Å². The van der Waals surface area contributed by atoms with E-state index in [4.69, 9.17) is 11.6 Å². The SMILES string of the molecule is Cc1nn(C)c(Cl)c1S(=O)(=O)NCC1CCCCC1. The number of hydrogen-bond acceptors (Lipinski definition) is 3. The summed E-state index contributed by atoms with van der Waals surface area (Å²) in [6, 6.07) is 0. The van der Waals surface area contributed by atoms with E-state index in [0.717, 1.165) is 12.8 Å². The van der Waals surface area contributed by atoms with Gasteiger partial charge in [0.1, 0.15) is 10.0 Å². The van der Waals surface area contributed by atoms with Crippen molar-refractivity contribution in [2.24, 2.45) is 13.0 Å². The van der Waals surface area contributed by atoms with Crippen LogP contribution in [0.5, 0.6) is 0 Å². The number of aryl methyl sites for hydroxylation is 2. The number of sulfonamides is 1. The Kier molecular flexibility index (Phi) is 4.53. The maximum Gasteiger partial charge on any atom is 0.245 e. The minimum absolute atomic E-state index is 0.104. The van der Waals surface area contributed by atoms with Crippen molar-refractivity contribution in [3.8, 4) is 0 Å². The van der Waals surface area contributed by atoms with E-state index in [0.29, 0.717) is 18.2 Å². The Bertz CT molecular complexity index is 548. The van der Waals surface area contributed by atoms with Gasteiger partial charge in [-0.2, -0.15) is 5.10 Å². The normalized spacial score (nSPS) is 17.8. The summed E-state index contributed by atoms with van der Waals surface area (Å²) < 4.78 is 28.6. The van der Waals surface area contributed by atoms with Crippen LogP contribution in [-0.4, -0.2) is 24.7 Å². The molecule has 0 atom stereocenters. The molecule has 0 aliphatic heterocycles. The Hall–Kier alpha value is -0.590. The zero-order valence-corrected chi connectivity index (χ0v) is 12.9. The van der Waals surface area contributed by atoms with Gasteiger partial charge in [0.2, 0.25) is 10.0 Å². The summed E-state index contributed by atoms with van der Waals surface area (Å²) >= 11 is 6.00. The van der Waals surface area contributed by atoms with Crippen LogP contribution in [-0.2, 0) is 17.1 Å². The Morgan fingerprint density at radius 1 is 1.37 bits per heavy atom. The Labute approximate surface area is 119 Å². The molecule has 0 bridgehead atoms. The summed E-state index contributed by atoms with van der Waals surface area (Å²) in [6.07, 6.45) is 5.85. The lowest BCUT2D eigenvalue weighted by molar-refractivity contribution is 0.357. The van der Waals surface area contributed by atoms with Crippen LogP contribution in [0.25, 0.3) is 0 Å². The molecule has 108 valence electrons. The number of nitrogens with zero attached hydrogens (tertiary/aromatic N) is 2. The number of hydrogen-bond donors (Lipinski definition) is 1. The van der Waals surface area contributed by atoms with Gasteiger partial charge in [-0.3, -0.25) is 4.68 Å². The zero-order chi connectivity index (χ0) is 14.0. The third-order valence-corrected chi connectivity index (χ3v) is 5.77. The molecule has 0 aromatic carbocycles. The molecule has 1 saturated carbocycles. The first kappa shape index (κ1) is 14.8. The average molecular weight is 306 g/mol. The molecule has 1 heterocycles. The highest BCUT2D eigenvalue weighted by atomic mass is 35.5. The van der Waals surface area contributed by atoms with Crippen LogP contribution in [0, 0.1) is 12.8 Å². The van der Waals surface area contributed by atoms with Crippen molar-refractivity contribution < 1.29 is 8.42 Å². The molecule has 1 aliphatic rings. The molecule has 7 heteroatoms. The van der Waals surface area contributed by atoms with Crippen LogP contribution in [0.4, 0.5) is 0 Å². The number of rotatable bonds is 4. The molecule has 1 aromatic heterocycles. The summed E-state index contributed by atoms with van der Waals surface area (Å²) in [5.41, 5.74) is 0.434. The minimum atomic E-state index is -3.57. The molecule has 0 spiro atoms. The maximum absolute atomic E-state index is 12.3. The van der Waals surface area contributed by atoms with Gasteiger partial charge in [-0.15, -0.1) is 0 Å². The molecule has 19 heavy (non-hydrogen) atoms. The highest BCUT2D eigenvalue weighted by Crippen LogP contribution is 2.26. The maximum atomic E-state index is 12.3. The predicted octanol–water partition coefficient (Wildman–Crippen LogP) is 2.24. The van der Waals surface area contributed by atoms with Crippen LogP contribution in [0.1, 0.15) is 37.8 Å². The van der Waals surface area contributed by atoms with Crippen molar-refractivity contribution in [1.82, 2.24) is 14.5 Å². The van der Waals surface area contributed by atoms with Crippen molar-refractivity contribution in [3.63, 3.8) is 0 Å². The molecule has 1 fully saturated rings. The molecule has 5 nitrogen and oxygen atoms in total. The van der Waals surface area contributed by atoms with E-state index in [2.05, 4.69) is 9.82 Å². The molecule has 1 aromatic rings. The van der Waals surface area contributed by atoms with Crippen LogP contribution >= 0.6 is 11.6 Å². The number of nitrogens with one attached hydrogen (secondary N) is 1. The average Bonchev–Trinajstić information content (AvgIpc) is 2.63. The molecular formula is C12H20ClN3O2S. The van der Waals surface area contributed by atoms with E-state index in [1.807, 2.05) is 0 Å². The standard InChI is InChI=1S/C12H20ClN3O2S/c1-9-11(12(13)16(2)15-9)19(17,18)14-8-10-6-4-3-5-7-10/h10,14H,3-8H2,1-2H3. The van der Waals surface area contributed by atoms with Crippen LogP contribution in [0.2, 0.25) is 5.15 Å². The van der Waals surface area contributed by atoms with Crippen LogP contribution in [0.3, 0.4) is 0 Å². The van der Waals surface area contributed by atoms with Crippen molar-refractivity contribution >= 4 is 21.6 Å². The van der Waals surface area contributed by atoms with Crippen molar-refractivity contribution in [2.75, 3.05) is 6.54 Å². The van der Waals surface area contributed by atoms with E-state index in [1.54, 1.807) is 14.0 Å². The fraction of sp³-hybridized carbons (Fsp3) is 0.750. The van der Waals surface area contributed by atoms with Gasteiger partial charge < -0.3 is 0 Å². The largest absolute Gasteiger partial charge is 0.255 e. The summed E-state index contributed by atoms with van der Waals surface area (Å²) in [5.74, 6) is 0.444. The molecule has 0 unspecified atom stereocenters. The fourth-order valence-corrected chi connectivity index (χ4v) is 4.47. The van der Waals surface area contributed by atoms with Gasteiger partial charge in [0.15, 0.2) is 0 Å². The summed E-state index contributed by atoms with van der Waals surface area (Å²) in [6.45, 7) is 2.15. The topological polar surface area (TPSA) is 64.0 Å². The molecule has 1 aliphatic carbocycles. The van der Waals surface area contributed by atoms with Gasteiger partial charge in [-0.05, 0) is 25.7 Å². The van der Waals surface area contributed by atoms with Crippen molar-refractivity contribution in [1.29, 1.82) is 0 Å². The molecule has 2 rings (SSSR count). The summed E-state index contributed by atoms with van der Waals surface area (Å²) in [4.78, 5) is 0.104. The fourth-order valence-electron chi connectivity index (χ4n) is 2.61. The van der Waals surface area contributed by atoms with E-state index in [9.17, 15) is 8.42 Å². The van der Waals surface area contributed by atoms with Crippen LogP contribution < -0.4 is 4.72 Å². The highest BCUT2D eigenvalue weighted by molar-refractivity contribution is 7.89. The van der Waals surface area contributed by atoms with Gasteiger partial charge in [-0.1, -0.05) is 30.9 Å². The highest BCUT2D eigenvalue weighted by Gasteiger charge is 2.26. The first-order chi connectivity index (χ1) is 8.92. The summed E-state index contributed by atoms with van der Waals surface area (Å²) in [7, 11) is -1.93. The number of aromatic nitrogens is 2. The lowest BCUT2D eigenvalue weighted by atomic mass is 9.90. The zero-order valence-electron chi connectivity index (χ0n) is 11.3. The van der Waals surface area contributed by atoms with Crippen LogP contribution in [0.15, 0.2) is 4.90 Å². The van der Waals surface area contributed by atoms with Gasteiger partial charge in [0, 0.05) is 13.6 Å². The van der Waals surface area contributed by atoms with Crippen molar-refractivity contribution in [3.05, 3.63) is 10.8 Å². The smallest absolute Gasteiger partial charge is 0.245 e. The lowest BCUT2D eigenvalue weighted by Gasteiger charge is -2.21. The summed E-state index contributed by atoms with van der Waals surface area (Å²) in [5, 5.41) is 4.20. The molecule has 0 saturated heterocycles. The quantitative estimate of drug-likeness (QED) is 0.928. The Morgan fingerprint density at radius 2 is 2.00 bits per heavy atom. The monoisotopic (exact) mass is 305 g/mol. The Morgan fingerprint density at radius 3 is 2.53 bits per heavy atom. The van der Waals surface area contributed by atoms with Gasteiger partial charge in [-0.25, -0.2) is 13.1 Å². The third-order valence-electron chi connectivity index (χ3n) is 3.66. The number of halogens is 1. The van der Waals surface area contributed by atoms with E-state index in [1.165, 1.54) is 23.9 Å². The second kappa shape index (κ2) is 5.81. The molecule has 1 N–H and O–H groups in total. The van der Waals surface area contributed by atoms with E-state index >= 15 is 0 Å². The second-order valence-electron chi connectivity index (χ2n) is 5.18. The van der Waals surface area contributed by atoms with Gasteiger partial charge in [0.25, 0.3) is 0 Å². The molecule has 0 radical (unpaired) electrons. The van der Waals surface area contributed by atoms with E-state index < -0.39 is 10.0 Å². The lowest BCUT2D eigenvalue weighted by Crippen LogP contribution is -2.30. The van der Waals surface area contributed by atoms with E-state index in [-0.39, 0.29) is 10.0 Å². The first-order valence-electron chi connectivity index (χ1n) is 6.60. The third kappa shape index (κ3) is 3.30. The molecule has 0 amide bonds. The minimum Gasteiger partial charge on any atom is -0.255 e.